The summed E-state index contributed by atoms with van der Waals surface area (Å²) in [6, 6.07) is 8.66. The first-order valence-electron chi connectivity index (χ1n) is 6.49. The van der Waals surface area contributed by atoms with Gasteiger partial charge in [-0.05, 0) is 37.0 Å². The predicted molar refractivity (Wildman–Crippen MR) is 73.5 cm³/mol. The normalized spacial score (nSPS) is 14.2. The van der Waals surface area contributed by atoms with Gasteiger partial charge in [0.1, 0.15) is 0 Å². The Morgan fingerprint density at radius 2 is 1.94 bits per heavy atom. The number of unbranched alkanes of at least 4 members (excludes halogenated alkanes) is 2. The highest BCUT2D eigenvalue weighted by Crippen LogP contribution is 2.26. The van der Waals surface area contributed by atoms with Crippen LogP contribution in [0.15, 0.2) is 42.1 Å². The van der Waals surface area contributed by atoms with Crippen LogP contribution < -0.4 is 5.32 Å². The second-order valence-corrected chi connectivity index (χ2v) is 4.59. The first-order valence-corrected chi connectivity index (χ1v) is 6.49. The molecule has 0 bridgehead atoms. The molecule has 0 aromatic heterocycles. The molecule has 0 N–H and O–H groups in total. The second-order valence-electron chi connectivity index (χ2n) is 4.59. The molecular weight excluding hydrogens is 206 g/mol. The summed E-state index contributed by atoms with van der Waals surface area (Å²) in [4.78, 5) is 0. The number of rotatable bonds is 5. The minimum atomic E-state index is 1.15. The highest BCUT2D eigenvalue weighted by atomic mass is 14.9. The molecule has 1 heterocycles. The third-order valence-corrected chi connectivity index (χ3v) is 3.22. The van der Waals surface area contributed by atoms with Crippen molar-refractivity contribution in [2.45, 2.75) is 39.5 Å². The van der Waals surface area contributed by atoms with E-state index in [1.54, 1.807) is 0 Å². The molecule has 1 aromatic rings. The molecule has 0 saturated heterocycles. The van der Waals surface area contributed by atoms with Gasteiger partial charge in [-0.1, -0.05) is 44.0 Å². The van der Waals surface area contributed by atoms with Crippen LogP contribution in [0.4, 0.5) is 0 Å². The topological polar surface area (TPSA) is 14.1 Å². The van der Waals surface area contributed by atoms with Crippen molar-refractivity contribution in [3.8, 4) is 0 Å². The van der Waals surface area contributed by atoms with Crippen molar-refractivity contribution in [1.82, 2.24) is 5.32 Å². The molecule has 2 rings (SSSR count). The Morgan fingerprint density at radius 3 is 2.65 bits per heavy atom. The zero-order valence-corrected chi connectivity index (χ0v) is 10.7. The monoisotopic (exact) mass is 226 g/mol. The van der Waals surface area contributed by atoms with Crippen LogP contribution in [0.5, 0.6) is 0 Å². The van der Waals surface area contributed by atoms with Gasteiger partial charge >= 0.3 is 0 Å². The van der Waals surface area contributed by atoms with Gasteiger partial charge < -0.3 is 0 Å². The van der Waals surface area contributed by atoms with E-state index in [-0.39, 0.29) is 0 Å². The molecule has 0 spiro atoms. The summed E-state index contributed by atoms with van der Waals surface area (Å²) in [5.74, 6) is 0. The molecule has 1 aliphatic rings. The Bertz CT molecular complexity index is 441. The fourth-order valence-electron chi connectivity index (χ4n) is 2.22. The summed E-state index contributed by atoms with van der Waals surface area (Å²) in [6.07, 6.45) is 8.99. The summed E-state index contributed by atoms with van der Waals surface area (Å²) in [5, 5.41) is 4.47. The van der Waals surface area contributed by atoms with Crippen LogP contribution in [0.2, 0.25) is 0 Å². The lowest BCUT2D eigenvalue weighted by atomic mass is 9.98. The van der Waals surface area contributed by atoms with E-state index in [4.69, 9.17) is 0 Å². The molecule has 1 aliphatic heterocycles. The molecule has 0 atom stereocenters. The number of hydrogen-bond donors (Lipinski definition) is 0. The maximum atomic E-state index is 4.47. The molecule has 0 aliphatic carbocycles. The lowest BCUT2D eigenvalue weighted by molar-refractivity contribution is 0.716. The molecule has 1 heteroatoms. The van der Waals surface area contributed by atoms with Gasteiger partial charge in [0.15, 0.2) is 0 Å². The fraction of sp³-hybridized carbons (Fsp3) is 0.375. The van der Waals surface area contributed by atoms with E-state index < -0.39 is 0 Å². The smallest absolute Gasteiger partial charge is 0.0734 e. The van der Waals surface area contributed by atoms with Crippen molar-refractivity contribution >= 4 is 5.70 Å². The zero-order valence-electron chi connectivity index (χ0n) is 10.7. The van der Waals surface area contributed by atoms with Crippen LogP contribution in [0.25, 0.3) is 5.70 Å². The molecule has 89 valence electrons. The van der Waals surface area contributed by atoms with Crippen LogP contribution in [0, 0.1) is 0 Å². The average molecular weight is 226 g/mol. The molecule has 0 unspecified atom stereocenters. The number of nitrogens with zero attached hydrogens (tertiary/aromatic N) is 1. The highest BCUT2D eigenvalue weighted by Gasteiger charge is 2.12. The maximum absolute atomic E-state index is 4.47. The number of hydrogen-bond acceptors (Lipinski definition) is 0. The van der Waals surface area contributed by atoms with Gasteiger partial charge in [-0.15, -0.1) is 0 Å². The van der Waals surface area contributed by atoms with E-state index in [0.717, 1.165) is 12.1 Å². The van der Waals surface area contributed by atoms with Gasteiger partial charge in [0.05, 0.1) is 5.70 Å². The number of allylic oxidation sites excluding steroid dienone is 2. The zero-order chi connectivity index (χ0) is 12.1. The Labute approximate surface area is 104 Å². The summed E-state index contributed by atoms with van der Waals surface area (Å²) >= 11 is 0. The first kappa shape index (κ1) is 12.0. The minimum absolute atomic E-state index is 1.15. The Balaban J connectivity index is 2.19. The predicted octanol–water partition coefficient (Wildman–Crippen LogP) is 4.28. The van der Waals surface area contributed by atoms with Gasteiger partial charge in [-0.25, -0.2) is 0 Å². The SMILES string of the molecule is CCCCCc1ccccc1C1=C(C)C=C[N]1. The van der Waals surface area contributed by atoms with E-state index in [1.807, 2.05) is 6.20 Å². The summed E-state index contributed by atoms with van der Waals surface area (Å²) in [6.45, 7) is 4.37. The van der Waals surface area contributed by atoms with Crippen molar-refractivity contribution < 1.29 is 0 Å². The summed E-state index contributed by atoms with van der Waals surface area (Å²) in [7, 11) is 0. The number of benzene rings is 1. The maximum Gasteiger partial charge on any atom is 0.0734 e. The quantitative estimate of drug-likeness (QED) is 0.665. The van der Waals surface area contributed by atoms with E-state index >= 15 is 0 Å². The molecule has 0 amide bonds. The van der Waals surface area contributed by atoms with Crippen LogP contribution >= 0.6 is 0 Å². The van der Waals surface area contributed by atoms with E-state index in [1.165, 1.54) is 36.0 Å². The Morgan fingerprint density at radius 1 is 1.12 bits per heavy atom. The van der Waals surface area contributed by atoms with Crippen molar-refractivity contribution in [2.24, 2.45) is 0 Å². The average Bonchev–Trinajstić information content (AvgIpc) is 2.76. The summed E-state index contributed by atoms with van der Waals surface area (Å²) < 4.78 is 0. The van der Waals surface area contributed by atoms with Gasteiger partial charge in [0.2, 0.25) is 0 Å². The molecule has 17 heavy (non-hydrogen) atoms. The molecule has 1 radical (unpaired) electrons. The number of aryl methyl sites for hydroxylation is 1. The summed E-state index contributed by atoms with van der Waals surface area (Å²) in [5.41, 5.74) is 5.17. The minimum Gasteiger partial charge on any atom is -0.256 e. The Hall–Kier alpha value is -1.50. The van der Waals surface area contributed by atoms with Crippen LogP contribution in [-0.2, 0) is 6.42 Å². The van der Waals surface area contributed by atoms with Crippen molar-refractivity contribution in [3.05, 3.63) is 53.2 Å². The third-order valence-electron chi connectivity index (χ3n) is 3.22. The fourth-order valence-corrected chi connectivity index (χ4v) is 2.22. The van der Waals surface area contributed by atoms with E-state index in [9.17, 15) is 0 Å². The van der Waals surface area contributed by atoms with E-state index in [0.29, 0.717) is 0 Å². The first-order chi connectivity index (χ1) is 8.33. The lowest BCUT2D eigenvalue weighted by Gasteiger charge is -2.10. The van der Waals surface area contributed by atoms with Crippen molar-refractivity contribution in [3.63, 3.8) is 0 Å². The molecular formula is C16H20N. The van der Waals surface area contributed by atoms with Crippen molar-refractivity contribution in [1.29, 1.82) is 0 Å². The van der Waals surface area contributed by atoms with E-state index in [2.05, 4.69) is 49.5 Å². The van der Waals surface area contributed by atoms with Crippen LogP contribution in [0.1, 0.15) is 44.2 Å². The highest BCUT2D eigenvalue weighted by molar-refractivity contribution is 5.74. The van der Waals surface area contributed by atoms with Gasteiger partial charge in [-0.2, -0.15) is 0 Å². The largest absolute Gasteiger partial charge is 0.256 e. The standard InChI is InChI=1S/C16H20N/c1-3-4-5-8-14-9-6-7-10-15(14)16-13(2)11-12-17-16/h6-7,9-12H,3-5,8H2,1-2H3. The molecule has 1 nitrogen and oxygen atoms in total. The van der Waals surface area contributed by atoms with Gasteiger partial charge in [-0.3, -0.25) is 5.32 Å². The van der Waals surface area contributed by atoms with Crippen LogP contribution in [0.3, 0.4) is 0 Å². The second kappa shape index (κ2) is 5.72. The Kier molecular flexibility index (Phi) is 4.03. The van der Waals surface area contributed by atoms with Gasteiger partial charge in [0.25, 0.3) is 0 Å². The van der Waals surface area contributed by atoms with Crippen LogP contribution in [-0.4, -0.2) is 0 Å². The van der Waals surface area contributed by atoms with Gasteiger partial charge in [0, 0.05) is 11.8 Å². The molecule has 1 aromatic carbocycles. The third kappa shape index (κ3) is 2.79. The lowest BCUT2D eigenvalue weighted by Crippen LogP contribution is -1.99. The molecule has 0 fully saturated rings. The molecule has 0 saturated carbocycles. The van der Waals surface area contributed by atoms with Crippen molar-refractivity contribution in [2.75, 3.05) is 0 Å².